The molecule has 1 saturated carbocycles. The lowest BCUT2D eigenvalue weighted by Gasteiger charge is -2.43. The zero-order valence-electron chi connectivity index (χ0n) is 37.5. The third-order valence-electron chi connectivity index (χ3n) is 12.9. The second-order valence-corrected chi connectivity index (χ2v) is 17.5. The number of esters is 2. The van der Waals surface area contributed by atoms with Gasteiger partial charge < -0.3 is 109 Å². The average Bonchev–Trinajstić information content (AvgIpc) is 3.68. The first-order valence-electron chi connectivity index (χ1n) is 22.3. The van der Waals surface area contributed by atoms with Gasteiger partial charge in [-0.2, -0.15) is 0 Å². The second-order valence-electron chi connectivity index (χ2n) is 17.5. The van der Waals surface area contributed by atoms with Gasteiger partial charge in [-0.25, -0.2) is 14.4 Å². The highest BCUT2D eigenvalue weighted by Crippen LogP contribution is 2.48. The summed E-state index contributed by atoms with van der Waals surface area (Å²) in [6.07, 6.45) is -20.5. The van der Waals surface area contributed by atoms with Crippen LogP contribution in [0, 0.1) is 17.8 Å². The first kappa shape index (κ1) is 53.5. The molecule has 7 rings (SSSR count). The van der Waals surface area contributed by atoms with E-state index in [-0.39, 0.29) is 29.1 Å². The summed E-state index contributed by atoms with van der Waals surface area (Å²) in [6.45, 7) is -0.334. The summed E-state index contributed by atoms with van der Waals surface area (Å²) in [6, 6.07) is 9.86. The molecule has 4 aliphatic heterocycles. The van der Waals surface area contributed by atoms with Crippen LogP contribution in [-0.4, -0.2) is 209 Å². The number of phenolic OH excluding ortho intramolecular Hbond substituents is 1. The van der Waals surface area contributed by atoms with Crippen molar-refractivity contribution in [2.24, 2.45) is 17.8 Å². The van der Waals surface area contributed by atoms with Gasteiger partial charge in [0.05, 0.1) is 25.0 Å². The fourth-order valence-electron chi connectivity index (χ4n) is 8.83. The summed E-state index contributed by atoms with van der Waals surface area (Å²) in [5.74, 6) is -5.83. The highest BCUT2D eigenvalue weighted by molar-refractivity contribution is 5.88. The van der Waals surface area contributed by atoms with E-state index in [1.165, 1.54) is 42.5 Å². The van der Waals surface area contributed by atoms with Crippen molar-refractivity contribution in [3.05, 3.63) is 77.6 Å². The predicted molar refractivity (Wildman–Crippen MR) is 231 cm³/mol. The molecular formula is C46H56O25. The van der Waals surface area contributed by atoms with E-state index >= 15 is 0 Å². The molecule has 2 aromatic carbocycles. The van der Waals surface area contributed by atoms with E-state index < -0.39 is 166 Å². The fourth-order valence-corrected chi connectivity index (χ4v) is 8.83. The summed E-state index contributed by atoms with van der Waals surface area (Å²) < 4.78 is 50.1. The summed E-state index contributed by atoms with van der Waals surface area (Å²) in [4.78, 5) is 38.1. The molecule has 4 heterocycles. The van der Waals surface area contributed by atoms with Gasteiger partial charge in [-0.1, -0.05) is 25.1 Å². The molecule has 4 fully saturated rings. The van der Waals surface area contributed by atoms with E-state index in [0.717, 1.165) is 18.4 Å². The number of rotatable bonds is 16. The molecule has 0 spiro atoms. The number of aromatic hydroxyl groups is 1. The van der Waals surface area contributed by atoms with E-state index in [4.69, 9.17) is 42.6 Å². The van der Waals surface area contributed by atoms with Crippen LogP contribution in [0.5, 0.6) is 17.2 Å². The number of aliphatic hydroxyl groups excluding tert-OH is 11. The summed E-state index contributed by atoms with van der Waals surface area (Å²) in [5.41, 5.74) is 0.607. The minimum atomic E-state index is -1.89. The summed E-state index contributed by atoms with van der Waals surface area (Å²) >= 11 is 0. The van der Waals surface area contributed by atoms with Crippen molar-refractivity contribution in [3.63, 3.8) is 0 Å². The number of hydrogen-bond acceptors (Lipinski definition) is 24. The first-order chi connectivity index (χ1) is 33.8. The van der Waals surface area contributed by atoms with Gasteiger partial charge in [-0.15, -0.1) is 0 Å². The molecule has 0 aromatic heterocycles. The van der Waals surface area contributed by atoms with Crippen molar-refractivity contribution in [3.8, 4) is 17.2 Å². The van der Waals surface area contributed by atoms with Crippen LogP contribution in [0.15, 0.2) is 66.5 Å². The predicted octanol–water partition coefficient (Wildman–Crippen LogP) is -3.65. The standard InChI is InChI=1S/C46H56O25/c1-18-26(66-31(51)11-5-19-2-7-21(8-3-19)65-44-39(58)36(55)33(52)27(14-47)68-44)13-22-23(42(61)62)16-64-43(32(18)22)71-46-41(60)38(57)35(54)29(70-46)17-63-30(50)10-6-20-4-9-25(24(49)12-20)67-45-40(59)37(56)34(53)28(15-48)69-45/h2-12,16,18,22,26-29,32-41,43-49,52-60H,13-15,17H2,1H3,(H,61,62)/b10-6+,11-5+/t18-,22+,26-,27+,28+,29+,32+,33+,34+,35+,36-,37-,38-,39+,40+,41+,43-,44+,45+,46-/m0/s1. The number of ether oxygens (including phenoxy) is 9. The van der Waals surface area contributed by atoms with Gasteiger partial charge in [-0.05, 0) is 54.0 Å². The average molecular weight is 1010 g/mol. The number of carbonyl (C=O) groups is 3. The molecule has 71 heavy (non-hydrogen) atoms. The molecule has 390 valence electrons. The van der Waals surface area contributed by atoms with E-state index in [1.54, 1.807) is 19.1 Å². The Morgan fingerprint density at radius 1 is 0.648 bits per heavy atom. The molecule has 5 aliphatic rings. The van der Waals surface area contributed by atoms with Gasteiger partial charge in [0.2, 0.25) is 18.9 Å². The number of aliphatic carboxylic acids is 1. The van der Waals surface area contributed by atoms with E-state index in [0.29, 0.717) is 5.56 Å². The molecule has 1 aliphatic carbocycles. The SMILES string of the molecule is C[C@@H]1[C@H]2[C@H](O[C@@H]3O[C@H](COC(=O)/C=C/c4ccc(O[C@@H]5O[C@H](CO)[C@@H](O)[C@H](O)[C@H]5O)c(O)c4)[C@@H](O)[C@H](O)[C@H]3O)OC=C(C(=O)O)[C@H]2C[C@@H]1OC(=O)/C=C/c1ccc(O[C@@H]2O[C@H](CO)[C@@H](O)[C@H](O)[C@H]2O)cc1. The number of carboxylic acid groups (broad SMARTS) is 1. The molecule has 25 nitrogen and oxygen atoms in total. The smallest absolute Gasteiger partial charge is 0.334 e. The van der Waals surface area contributed by atoms with Crippen molar-refractivity contribution in [2.45, 2.75) is 118 Å². The number of phenols is 1. The van der Waals surface area contributed by atoms with E-state index in [1.807, 2.05) is 0 Å². The van der Waals surface area contributed by atoms with Gasteiger partial charge in [0.15, 0.2) is 17.8 Å². The highest BCUT2D eigenvalue weighted by Gasteiger charge is 2.55. The normalized spacial score (nSPS) is 38.2. The molecule has 0 radical (unpaired) electrons. The van der Waals surface area contributed by atoms with Gasteiger partial charge in [0.25, 0.3) is 0 Å². The molecular weight excluding hydrogens is 952 g/mol. The fraction of sp³-hybridized carbons (Fsp3) is 0.543. The number of fused-ring (bicyclic) bond motifs is 1. The molecule has 25 heteroatoms. The number of carboxylic acids is 1. The van der Waals surface area contributed by atoms with Crippen LogP contribution in [0.4, 0.5) is 0 Å². The van der Waals surface area contributed by atoms with Crippen LogP contribution in [0.1, 0.15) is 24.5 Å². The maximum absolute atomic E-state index is 13.1. The van der Waals surface area contributed by atoms with Gasteiger partial charge in [0, 0.05) is 29.9 Å². The minimum Gasteiger partial charge on any atom is -0.504 e. The van der Waals surface area contributed by atoms with Crippen LogP contribution in [-0.2, 0) is 47.5 Å². The lowest BCUT2D eigenvalue weighted by molar-refractivity contribution is -0.342. The van der Waals surface area contributed by atoms with Gasteiger partial charge in [0.1, 0.15) is 91.7 Å². The van der Waals surface area contributed by atoms with Gasteiger partial charge in [-0.3, -0.25) is 0 Å². The molecule has 0 unspecified atom stereocenters. The van der Waals surface area contributed by atoms with Crippen molar-refractivity contribution in [2.75, 3.05) is 19.8 Å². The molecule has 20 atom stereocenters. The maximum atomic E-state index is 13.1. The zero-order valence-corrected chi connectivity index (χ0v) is 37.5. The Hall–Kier alpha value is -5.33. The zero-order chi connectivity index (χ0) is 51.4. The lowest BCUT2D eigenvalue weighted by Crippen LogP contribution is -2.60. The number of hydrogen-bond donors (Lipinski definition) is 13. The Morgan fingerprint density at radius 3 is 1.77 bits per heavy atom. The Labute approximate surface area is 403 Å². The molecule has 13 N–H and O–H groups in total. The van der Waals surface area contributed by atoms with E-state index in [9.17, 15) is 80.8 Å². The Morgan fingerprint density at radius 2 is 1.18 bits per heavy atom. The minimum absolute atomic E-state index is 0.0257. The van der Waals surface area contributed by atoms with Crippen LogP contribution in [0.2, 0.25) is 0 Å². The monoisotopic (exact) mass is 1010 g/mol. The van der Waals surface area contributed by atoms with Gasteiger partial charge >= 0.3 is 17.9 Å². The molecule has 0 amide bonds. The third kappa shape index (κ3) is 12.0. The van der Waals surface area contributed by atoms with Crippen LogP contribution in [0.3, 0.4) is 0 Å². The lowest BCUT2D eigenvalue weighted by atomic mass is 9.83. The molecule has 2 aromatic rings. The summed E-state index contributed by atoms with van der Waals surface area (Å²) in [5, 5.41) is 132. The molecule has 0 bridgehead atoms. The first-order valence-corrected chi connectivity index (χ1v) is 22.3. The molecule has 3 saturated heterocycles. The topological polar surface area (TPSA) is 397 Å². The number of carbonyl (C=O) groups excluding carboxylic acids is 2. The Kier molecular flexibility index (Phi) is 17.4. The van der Waals surface area contributed by atoms with E-state index in [2.05, 4.69) is 0 Å². The largest absolute Gasteiger partial charge is 0.504 e. The summed E-state index contributed by atoms with van der Waals surface area (Å²) in [7, 11) is 0. The van der Waals surface area contributed by atoms with Crippen molar-refractivity contribution < 1.29 is 123 Å². The van der Waals surface area contributed by atoms with Crippen molar-refractivity contribution in [1.82, 2.24) is 0 Å². The Bertz CT molecular complexity index is 2250. The van der Waals surface area contributed by atoms with Crippen LogP contribution >= 0.6 is 0 Å². The Balaban J connectivity index is 0.925. The van der Waals surface area contributed by atoms with Crippen molar-refractivity contribution >= 4 is 30.1 Å². The maximum Gasteiger partial charge on any atom is 0.334 e. The number of aliphatic hydroxyl groups is 11. The van der Waals surface area contributed by atoms with Crippen LogP contribution < -0.4 is 9.47 Å². The number of benzene rings is 2. The third-order valence-corrected chi connectivity index (χ3v) is 12.9. The second kappa shape index (κ2) is 23.0. The highest BCUT2D eigenvalue weighted by atomic mass is 16.8. The quantitative estimate of drug-likeness (QED) is 0.0570. The van der Waals surface area contributed by atoms with Crippen molar-refractivity contribution in [1.29, 1.82) is 0 Å². The van der Waals surface area contributed by atoms with Crippen LogP contribution in [0.25, 0.3) is 12.2 Å².